The molecule has 2 aromatic carbocycles. The molecule has 2 aromatic rings. The zero-order valence-electron chi connectivity index (χ0n) is 20.9. The highest BCUT2D eigenvalue weighted by Crippen LogP contribution is 2.65. The first kappa shape index (κ1) is 31.3. The minimum Gasteiger partial charge on any atom is -0.326 e. The first-order chi connectivity index (χ1) is 18.0. The number of hydrogen-bond acceptors (Lipinski definition) is 4. The van der Waals surface area contributed by atoms with Crippen molar-refractivity contribution >= 4 is 91.2 Å². The highest BCUT2D eigenvalue weighted by molar-refractivity contribution is 7.92. The molecule has 3 rings (SSSR count). The van der Waals surface area contributed by atoms with E-state index in [9.17, 15) is 18.0 Å². The first-order valence-electron chi connectivity index (χ1n) is 11.3. The summed E-state index contributed by atoms with van der Waals surface area (Å²) in [7, 11) is -3.46. The minimum absolute atomic E-state index is 0.0141. The molecule has 0 bridgehead atoms. The Balaban J connectivity index is 1.77. The number of halogens is 5. The monoisotopic (exact) mass is 649 g/mol. The lowest BCUT2D eigenvalue weighted by Gasteiger charge is -2.13. The molecule has 0 aliphatic heterocycles. The van der Waals surface area contributed by atoms with E-state index in [-0.39, 0.29) is 16.3 Å². The Morgan fingerprint density at radius 3 is 2.21 bits per heavy atom. The fraction of sp³-hybridized carbons (Fsp3) is 0.231. The van der Waals surface area contributed by atoms with Crippen LogP contribution in [0.1, 0.15) is 24.0 Å². The maximum atomic E-state index is 13.1. The number of amides is 2. The molecular weight excluding hydrogens is 628 g/mol. The van der Waals surface area contributed by atoms with Gasteiger partial charge in [0.2, 0.25) is 15.9 Å². The zero-order valence-corrected chi connectivity index (χ0v) is 25.5. The largest absolute Gasteiger partial charge is 0.326 e. The summed E-state index contributed by atoms with van der Waals surface area (Å²) in [5.74, 6) is -2.43. The lowest BCUT2D eigenvalue weighted by molar-refractivity contribution is -0.121. The molecule has 0 saturated heterocycles. The van der Waals surface area contributed by atoms with E-state index in [2.05, 4.69) is 21.9 Å². The minimum atomic E-state index is -3.46. The molecule has 1 aliphatic carbocycles. The van der Waals surface area contributed by atoms with Gasteiger partial charge in [-0.05, 0) is 67.4 Å². The molecule has 0 heterocycles. The third-order valence-electron chi connectivity index (χ3n) is 5.77. The normalized spacial score (nSPS) is 18.8. The van der Waals surface area contributed by atoms with Gasteiger partial charge in [0.15, 0.2) is 0 Å². The number of alkyl halides is 2. The molecule has 1 aliphatic rings. The number of carbonyl (C=O) groups excluding carboxylic acids is 2. The van der Waals surface area contributed by atoms with Gasteiger partial charge in [-0.15, -0.1) is 23.2 Å². The van der Waals surface area contributed by atoms with Crippen LogP contribution in [0.3, 0.4) is 0 Å². The van der Waals surface area contributed by atoms with Crippen molar-refractivity contribution in [2.45, 2.75) is 24.1 Å². The smallest absolute Gasteiger partial charge is 0.257 e. The van der Waals surface area contributed by atoms with E-state index in [4.69, 9.17) is 58.0 Å². The number of carbonyl (C=O) groups is 2. The van der Waals surface area contributed by atoms with Gasteiger partial charge in [0.25, 0.3) is 5.91 Å². The Bertz CT molecular complexity index is 1500. The standard InChI is InChI=1S/C26H24Cl5N3O4S/c1-5-18(32-25(36)23-22(26(23,30)31)15-9-16(28)11-17(29)10-15)12-20(14(3)27)24(35)33-21-7-6-19(8-13(21)2)34-39(4,37)38/h5-12,22-23,34H,3H2,1-2,4H3,(H,32,36)(H,33,35)/b18-5+,20-12+. The van der Waals surface area contributed by atoms with Crippen molar-refractivity contribution in [3.63, 3.8) is 0 Å². The average Bonchev–Trinajstić information content (AvgIpc) is 3.38. The van der Waals surface area contributed by atoms with Gasteiger partial charge in [-0.2, -0.15) is 0 Å². The number of sulfonamides is 1. The maximum Gasteiger partial charge on any atom is 0.257 e. The topological polar surface area (TPSA) is 104 Å². The van der Waals surface area contributed by atoms with Gasteiger partial charge in [-0.25, -0.2) is 8.42 Å². The third kappa shape index (κ3) is 7.93. The molecule has 0 radical (unpaired) electrons. The van der Waals surface area contributed by atoms with Crippen LogP contribution in [0.4, 0.5) is 11.4 Å². The highest BCUT2D eigenvalue weighted by Gasteiger charge is 2.67. The number of hydrogen-bond donors (Lipinski definition) is 3. The van der Waals surface area contributed by atoms with Crippen LogP contribution in [0.5, 0.6) is 0 Å². The van der Waals surface area contributed by atoms with Crippen molar-refractivity contribution in [3.05, 3.63) is 92.6 Å². The Morgan fingerprint density at radius 2 is 1.69 bits per heavy atom. The lowest BCUT2D eigenvalue weighted by atomic mass is 10.1. The molecule has 2 amide bonds. The van der Waals surface area contributed by atoms with Crippen LogP contribution in [-0.4, -0.2) is 30.8 Å². The Labute approximate surface area is 252 Å². The third-order valence-corrected chi connectivity index (χ3v) is 7.96. The van der Waals surface area contributed by atoms with E-state index in [1.807, 2.05) is 0 Å². The summed E-state index contributed by atoms with van der Waals surface area (Å²) in [5.41, 5.74) is 2.23. The van der Waals surface area contributed by atoms with E-state index < -0.39 is 38.0 Å². The lowest BCUT2D eigenvalue weighted by Crippen LogP contribution is -2.26. The van der Waals surface area contributed by atoms with Crippen LogP contribution in [0.25, 0.3) is 0 Å². The van der Waals surface area contributed by atoms with E-state index in [0.29, 0.717) is 32.5 Å². The molecule has 13 heteroatoms. The molecule has 0 spiro atoms. The second-order valence-corrected chi connectivity index (χ2v) is 13.4. The maximum absolute atomic E-state index is 13.1. The fourth-order valence-electron chi connectivity index (χ4n) is 3.93. The molecule has 208 valence electrons. The molecule has 2 atom stereocenters. The Morgan fingerprint density at radius 1 is 1.08 bits per heavy atom. The van der Waals surface area contributed by atoms with Gasteiger partial charge in [0.05, 0.1) is 17.7 Å². The molecule has 1 saturated carbocycles. The van der Waals surface area contributed by atoms with Crippen molar-refractivity contribution in [3.8, 4) is 0 Å². The summed E-state index contributed by atoms with van der Waals surface area (Å²) < 4.78 is 23.9. The Kier molecular flexibility index (Phi) is 9.74. The summed E-state index contributed by atoms with van der Waals surface area (Å²) in [6.07, 6.45) is 3.98. The number of aryl methyl sites for hydroxylation is 1. The predicted molar refractivity (Wildman–Crippen MR) is 160 cm³/mol. The first-order valence-corrected chi connectivity index (χ1v) is 15.1. The number of rotatable bonds is 9. The summed E-state index contributed by atoms with van der Waals surface area (Å²) in [6, 6.07) is 9.47. The van der Waals surface area contributed by atoms with Gasteiger partial charge < -0.3 is 10.6 Å². The SMILES string of the molecule is C=C(Cl)/C(=C\C(=C/C)NC(=O)C1C(c2cc(Cl)cc(Cl)c2)C1(Cl)Cl)C(=O)Nc1ccc(NS(C)(=O)=O)cc1C. The second-order valence-electron chi connectivity index (χ2n) is 8.89. The number of allylic oxidation sites excluding steroid dienone is 2. The summed E-state index contributed by atoms with van der Waals surface area (Å²) in [6.45, 7) is 7.01. The van der Waals surface area contributed by atoms with Crippen LogP contribution in [0, 0.1) is 12.8 Å². The van der Waals surface area contributed by atoms with E-state index in [1.165, 1.54) is 12.1 Å². The second kappa shape index (κ2) is 12.1. The Hall–Kier alpha value is -2.20. The summed E-state index contributed by atoms with van der Waals surface area (Å²) in [4.78, 5) is 26.2. The summed E-state index contributed by atoms with van der Waals surface area (Å²) in [5, 5.41) is 6.14. The van der Waals surface area contributed by atoms with Crippen molar-refractivity contribution in [1.29, 1.82) is 0 Å². The molecule has 0 aromatic heterocycles. The molecular formula is C26H24Cl5N3O4S. The van der Waals surface area contributed by atoms with Crippen molar-refractivity contribution in [2.75, 3.05) is 16.3 Å². The molecule has 7 nitrogen and oxygen atoms in total. The van der Waals surface area contributed by atoms with Gasteiger partial charge >= 0.3 is 0 Å². The van der Waals surface area contributed by atoms with E-state index >= 15 is 0 Å². The van der Waals surface area contributed by atoms with Crippen LogP contribution in [0.2, 0.25) is 10.0 Å². The number of benzene rings is 2. The van der Waals surface area contributed by atoms with E-state index in [1.54, 1.807) is 50.3 Å². The van der Waals surface area contributed by atoms with Gasteiger partial charge in [-0.1, -0.05) is 47.5 Å². The molecule has 2 unspecified atom stereocenters. The van der Waals surface area contributed by atoms with Gasteiger partial charge in [0.1, 0.15) is 4.33 Å². The van der Waals surface area contributed by atoms with Crippen molar-refractivity contribution in [1.82, 2.24) is 5.32 Å². The van der Waals surface area contributed by atoms with E-state index in [0.717, 1.165) is 6.26 Å². The average molecular weight is 652 g/mol. The molecule has 39 heavy (non-hydrogen) atoms. The predicted octanol–water partition coefficient (Wildman–Crippen LogP) is 6.90. The zero-order chi connectivity index (χ0) is 29.3. The van der Waals surface area contributed by atoms with Gasteiger partial charge in [0, 0.05) is 38.1 Å². The van der Waals surface area contributed by atoms with Crippen LogP contribution in [0.15, 0.2) is 71.4 Å². The number of anilines is 2. The quantitative estimate of drug-likeness (QED) is 0.156. The van der Waals surface area contributed by atoms with Gasteiger partial charge in [-0.3, -0.25) is 14.3 Å². The van der Waals surface area contributed by atoms with Crippen LogP contribution < -0.4 is 15.4 Å². The van der Waals surface area contributed by atoms with Crippen molar-refractivity contribution in [2.24, 2.45) is 5.92 Å². The van der Waals surface area contributed by atoms with Crippen LogP contribution in [-0.2, 0) is 19.6 Å². The molecule has 3 N–H and O–H groups in total. The fourth-order valence-corrected chi connectivity index (χ4v) is 5.99. The number of nitrogens with one attached hydrogen (secondary N) is 3. The molecule has 1 fully saturated rings. The highest BCUT2D eigenvalue weighted by atomic mass is 35.5. The van der Waals surface area contributed by atoms with Crippen LogP contribution >= 0.6 is 58.0 Å². The van der Waals surface area contributed by atoms with Crippen molar-refractivity contribution < 1.29 is 18.0 Å². The summed E-state index contributed by atoms with van der Waals surface area (Å²) >= 11 is 31.2.